The Morgan fingerprint density at radius 2 is 1.85 bits per heavy atom. The Morgan fingerprint density at radius 1 is 1.03 bits per heavy atom. The van der Waals surface area contributed by atoms with Gasteiger partial charge in [-0.2, -0.15) is 5.10 Å². The third kappa shape index (κ3) is 4.58. The van der Waals surface area contributed by atoms with Crippen LogP contribution in [0.4, 0.5) is 0 Å². The van der Waals surface area contributed by atoms with E-state index in [9.17, 15) is 0 Å². The fraction of sp³-hybridized carbons (Fsp3) is 0.320. The molecule has 2 aromatic carbocycles. The van der Waals surface area contributed by atoms with Crippen LogP contribution in [0.15, 0.2) is 59.8 Å². The van der Waals surface area contributed by atoms with Gasteiger partial charge in [-0.05, 0) is 55.5 Å². The second-order valence-electron chi connectivity index (χ2n) is 8.05. The number of hydrogen-bond acceptors (Lipinski definition) is 5. The van der Waals surface area contributed by atoms with Gasteiger partial charge in [0.05, 0.1) is 16.4 Å². The molecule has 33 heavy (non-hydrogen) atoms. The lowest BCUT2D eigenvalue weighted by atomic mass is 10.2. The second-order valence-corrected chi connectivity index (χ2v) is 9.40. The zero-order chi connectivity index (χ0) is 22.6. The summed E-state index contributed by atoms with van der Waals surface area (Å²) in [6.45, 7) is 1.44. The van der Waals surface area contributed by atoms with Crippen LogP contribution in [0, 0.1) is 0 Å². The van der Waals surface area contributed by atoms with Crippen LogP contribution in [0.3, 0.4) is 0 Å². The molecule has 0 saturated heterocycles. The number of benzene rings is 2. The quantitative estimate of drug-likeness (QED) is 0.231. The van der Waals surface area contributed by atoms with E-state index in [1.54, 1.807) is 18.9 Å². The second kappa shape index (κ2) is 10.1. The van der Waals surface area contributed by atoms with E-state index >= 15 is 0 Å². The van der Waals surface area contributed by atoms with Crippen LogP contribution in [-0.4, -0.2) is 38.3 Å². The smallest absolute Gasteiger partial charge is 0.191 e. The van der Waals surface area contributed by atoms with Gasteiger partial charge in [0.1, 0.15) is 0 Å². The Morgan fingerprint density at radius 3 is 2.67 bits per heavy atom. The van der Waals surface area contributed by atoms with Crippen molar-refractivity contribution >= 4 is 23.4 Å². The van der Waals surface area contributed by atoms with Gasteiger partial charge < -0.3 is 9.30 Å². The molecule has 0 aliphatic heterocycles. The first-order valence-electron chi connectivity index (χ1n) is 11.2. The summed E-state index contributed by atoms with van der Waals surface area (Å²) in [5.74, 6) is 1.55. The van der Waals surface area contributed by atoms with Crippen molar-refractivity contribution in [1.29, 1.82) is 0 Å². The van der Waals surface area contributed by atoms with Gasteiger partial charge >= 0.3 is 0 Å². The Balaban J connectivity index is 1.43. The number of hydrogen-bond donors (Lipinski definition) is 0. The summed E-state index contributed by atoms with van der Waals surface area (Å²) < 4.78 is 9.55. The van der Waals surface area contributed by atoms with E-state index in [4.69, 9.17) is 21.4 Å². The Bertz CT molecular complexity index is 1240. The van der Waals surface area contributed by atoms with Crippen LogP contribution in [0.2, 0.25) is 5.02 Å². The minimum absolute atomic E-state index is 0.675. The number of aromatic nitrogens is 5. The molecule has 0 N–H and O–H groups in total. The predicted octanol–water partition coefficient (Wildman–Crippen LogP) is 5.60. The van der Waals surface area contributed by atoms with Crippen LogP contribution in [0.5, 0.6) is 0 Å². The number of thioether (sulfide) groups is 1. The summed E-state index contributed by atoms with van der Waals surface area (Å²) in [5, 5.41) is 15.6. The lowest BCUT2D eigenvalue weighted by Crippen LogP contribution is -2.06. The maximum atomic E-state index is 6.47. The Kier molecular flexibility index (Phi) is 6.80. The maximum absolute atomic E-state index is 6.47. The fourth-order valence-electron chi connectivity index (χ4n) is 4.35. The number of rotatable bonds is 9. The van der Waals surface area contributed by atoms with Crippen LogP contribution >= 0.6 is 23.4 Å². The van der Waals surface area contributed by atoms with Gasteiger partial charge in [-0.25, -0.2) is 4.68 Å². The highest BCUT2D eigenvalue weighted by Gasteiger charge is 2.24. The molecule has 2 aromatic heterocycles. The summed E-state index contributed by atoms with van der Waals surface area (Å²) >= 11 is 8.16. The molecule has 0 fully saturated rings. The molecule has 0 unspecified atom stereocenters. The standard InChI is InChI=1S/C25H26ClN5OS/c1-32-16-8-15-30-24(19-11-5-6-13-21(19)26)27-28-25(30)33-17-22-20-12-7-14-23(20)31(29-22)18-9-3-2-4-10-18/h2-6,9-11,13H,7-8,12,14-17H2,1H3. The molecule has 170 valence electrons. The van der Waals surface area contributed by atoms with Gasteiger partial charge in [-0.1, -0.05) is 53.7 Å². The van der Waals surface area contributed by atoms with E-state index in [0.717, 1.165) is 59.5 Å². The minimum Gasteiger partial charge on any atom is -0.385 e. The molecule has 2 heterocycles. The lowest BCUT2D eigenvalue weighted by Gasteiger charge is -2.11. The molecule has 5 rings (SSSR count). The van der Waals surface area contributed by atoms with Gasteiger partial charge in [-0.3, -0.25) is 0 Å². The molecule has 0 radical (unpaired) electrons. The van der Waals surface area contributed by atoms with Crippen molar-refractivity contribution in [2.45, 2.75) is 43.1 Å². The molecule has 0 atom stereocenters. The number of para-hydroxylation sites is 1. The molecule has 1 aliphatic carbocycles. The first-order valence-corrected chi connectivity index (χ1v) is 12.6. The molecule has 1 aliphatic rings. The number of halogens is 1. The molecule has 6 nitrogen and oxygen atoms in total. The molecular formula is C25H26ClN5OS. The first-order chi connectivity index (χ1) is 16.3. The maximum Gasteiger partial charge on any atom is 0.191 e. The van der Waals surface area contributed by atoms with E-state index < -0.39 is 0 Å². The summed E-state index contributed by atoms with van der Waals surface area (Å²) in [6.07, 6.45) is 4.22. The highest BCUT2D eigenvalue weighted by atomic mass is 35.5. The zero-order valence-electron chi connectivity index (χ0n) is 18.6. The zero-order valence-corrected chi connectivity index (χ0v) is 20.1. The van der Waals surface area contributed by atoms with Crippen molar-refractivity contribution in [2.75, 3.05) is 13.7 Å². The van der Waals surface area contributed by atoms with Crippen LogP contribution in [0.25, 0.3) is 17.1 Å². The Hall–Kier alpha value is -2.61. The summed E-state index contributed by atoms with van der Waals surface area (Å²) in [7, 11) is 1.72. The molecular weight excluding hydrogens is 454 g/mol. The van der Waals surface area contributed by atoms with E-state index in [1.165, 1.54) is 17.7 Å². The van der Waals surface area contributed by atoms with Gasteiger partial charge in [-0.15, -0.1) is 10.2 Å². The summed E-state index contributed by atoms with van der Waals surface area (Å²) in [4.78, 5) is 0. The highest BCUT2D eigenvalue weighted by Crippen LogP contribution is 2.33. The van der Waals surface area contributed by atoms with Crippen LogP contribution in [-0.2, 0) is 29.9 Å². The van der Waals surface area contributed by atoms with Gasteiger partial charge in [0.2, 0.25) is 0 Å². The largest absolute Gasteiger partial charge is 0.385 e. The number of methoxy groups -OCH3 is 1. The minimum atomic E-state index is 0.675. The van der Waals surface area contributed by atoms with E-state index in [0.29, 0.717) is 11.6 Å². The monoisotopic (exact) mass is 479 g/mol. The molecule has 0 saturated carbocycles. The number of fused-ring (bicyclic) bond motifs is 1. The topological polar surface area (TPSA) is 57.8 Å². The molecule has 0 amide bonds. The van der Waals surface area contributed by atoms with E-state index in [-0.39, 0.29) is 0 Å². The van der Waals surface area contributed by atoms with Crippen LogP contribution < -0.4 is 0 Å². The summed E-state index contributed by atoms with van der Waals surface area (Å²) in [5.41, 5.74) is 5.89. The van der Waals surface area contributed by atoms with Gasteiger partial charge in [0.15, 0.2) is 11.0 Å². The fourth-order valence-corrected chi connectivity index (χ4v) is 5.50. The van der Waals surface area contributed by atoms with Crippen molar-refractivity contribution in [1.82, 2.24) is 24.5 Å². The summed E-state index contributed by atoms with van der Waals surface area (Å²) in [6, 6.07) is 18.2. The highest BCUT2D eigenvalue weighted by molar-refractivity contribution is 7.98. The average Bonchev–Trinajstić information content (AvgIpc) is 3.55. The van der Waals surface area contributed by atoms with Crippen molar-refractivity contribution in [2.24, 2.45) is 0 Å². The van der Waals surface area contributed by atoms with E-state index in [1.807, 2.05) is 30.3 Å². The van der Waals surface area contributed by atoms with Crippen molar-refractivity contribution in [3.05, 3.63) is 76.6 Å². The van der Waals surface area contributed by atoms with Crippen molar-refractivity contribution in [3.63, 3.8) is 0 Å². The average molecular weight is 480 g/mol. The van der Waals surface area contributed by atoms with Crippen LogP contribution in [0.1, 0.15) is 29.8 Å². The SMILES string of the molecule is COCCCn1c(SCc2nn(-c3ccccc3)c3c2CCC3)nnc1-c1ccccc1Cl. The van der Waals surface area contributed by atoms with Gasteiger partial charge in [0.25, 0.3) is 0 Å². The first kappa shape index (κ1) is 22.2. The predicted molar refractivity (Wildman–Crippen MR) is 132 cm³/mol. The number of nitrogens with zero attached hydrogens (tertiary/aromatic N) is 5. The Labute approximate surface area is 202 Å². The van der Waals surface area contributed by atoms with E-state index in [2.05, 4.69) is 43.7 Å². The molecule has 0 spiro atoms. The van der Waals surface area contributed by atoms with Gasteiger partial charge in [0, 0.05) is 37.3 Å². The normalized spacial score (nSPS) is 12.9. The molecule has 0 bridgehead atoms. The lowest BCUT2D eigenvalue weighted by molar-refractivity contribution is 0.189. The third-order valence-corrected chi connectivity index (χ3v) is 7.22. The van der Waals surface area contributed by atoms with Crippen molar-refractivity contribution < 1.29 is 4.74 Å². The molecule has 4 aromatic rings. The third-order valence-electron chi connectivity index (χ3n) is 5.91. The molecule has 8 heteroatoms. The van der Waals surface area contributed by atoms with Crippen molar-refractivity contribution in [3.8, 4) is 17.1 Å². The number of ether oxygens (including phenoxy) is 1.